The number of nitrogens with one attached hydrogen (secondary N) is 2. The molecule has 0 unspecified atom stereocenters. The summed E-state index contributed by atoms with van der Waals surface area (Å²) in [5, 5.41) is 8.32. The van der Waals surface area contributed by atoms with Crippen molar-refractivity contribution in [1.82, 2.24) is 20.5 Å². The van der Waals surface area contributed by atoms with Gasteiger partial charge in [-0.25, -0.2) is 9.78 Å². The molecule has 6 rings (SSSR count). The number of fused-ring (bicyclic) bond motifs is 3. The Morgan fingerprint density at radius 1 is 1.21 bits per heavy atom. The Balaban J connectivity index is 1.11. The molecule has 1 atom stereocenters. The molecule has 0 radical (unpaired) electrons. The standard InChI is InChI=1S/C24H20N4O4S2/c29-20(13-28-22(30)24(27-23(28)31)10-3-6-18-15(24)9-11-33-18)25-12-14-7-8-17(32-14)21-26-16-4-1-2-5-19(16)34-21/h1-2,4-5,7-9,11H,3,6,10,12-13H2,(H,25,29)(H,27,31)/t24-/m1/s1. The highest BCUT2D eigenvalue weighted by Crippen LogP contribution is 2.42. The Morgan fingerprint density at radius 3 is 2.97 bits per heavy atom. The molecule has 4 heterocycles. The Labute approximate surface area is 202 Å². The summed E-state index contributed by atoms with van der Waals surface area (Å²) in [6, 6.07) is 12.8. The topological polar surface area (TPSA) is 105 Å². The molecule has 8 nitrogen and oxygen atoms in total. The van der Waals surface area contributed by atoms with E-state index in [-0.39, 0.29) is 19.0 Å². The molecule has 1 fully saturated rings. The molecular weight excluding hydrogens is 472 g/mol. The zero-order valence-electron chi connectivity index (χ0n) is 18.0. The zero-order chi connectivity index (χ0) is 23.3. The predicted molar refractivity (Wildman–Crippen MR) is 128 cm³/mol. The van der Waals surface area contributed by atoms with E-state index in [1.165, 1.54) is 11.3 Å². The molecule has 2 N–H and O–H groups in total. The number of aryl methyl sites for hydroxylation is 1. The zero-order valence-corrected chi connectivity index (χ0v) is 19.6. The number of benzene rings is 1. The first kappa shape index (κ1) is 21.1. The smallest absolute Gasteiger partial charge is 0.325 e. The van der Waals surface area contributed by atoms with Gasteiger partial charge in [0.15, 0.2) is 10.8 Å². The van der Waals surface area contributed by atoms with Gasteiger partial charge in [-0.05, 0) is 55.0 Å². The summed E-state index contributed by atoms with van der Waals surface area (Å²) in [5.41, 5.74) is 0.730. The van der Waals surface area contributed by atoms with Gasteiger partial charge in [0.25, 0.3) is 5.91 Å². The van der Waals surface area contributed by atoms with E-state index < -0.39 is 17.5 Å². The molecular formula is C24H20N4O4S2. The molecule has 172 valence electrons. The molecule has 4 amide bonds. The first-order valence-corrected chi connectivity index (χ1v) is 12.7. The number of carbonyl (C=O) groups excluding carboxylic acids is 3. The number of furan rings is 1. The Morgan fingerprint density at radius 2 is 2.09 bits per heavy atom. The summed E-state index contributed by atoms with van der Waals surface area (Å²) in [4.78, 5) is 45.2. The van der Waals surface area contributed by atoms with Gasteiger partial charge in [0, 0.05) is 10.4 Å². The third-order valence-corrected chi connectivity index (χ3v) is 8.30. The number of imide groups is 1. The highest BCUT2D eigenvalue weighted by Gasteiger charge is 2.54. The van der Waals surface area contributed by atoms with Gasteiger partial charge >= 0.3 is 6.03 Å². The Bertz CT molecular complexity index is 1400. The number of rotatable bonds is 5. The summed E-state index contributed by atoms with van der Waals surface area (Å²) in [6.07, 6.45) is 2.26. The molecule has 10 heteroatoms. The van der Waals surface area contributed by atoms with Crippen LogP contribution in [0.15, 0.2) is 52.3 Å². The van der Waals surface area contributed by atoms with Crippen molar-refractivity contribution in [2.75, 3.05) is 6.54 Å². The average molecular weight is 493 g/mol. The van der Waals surface area contributed by atoms with Crippen molar-refractivity contribution < 1.29 is 18.8 Å². The van der Waals surface area contributed by atoms with Gasteiger partial charge in [0.05, 0.1) is 16.8 Å². The lowest BCUT2D eigenvalue weighted by Crippen LogP contribution is -2.46. The SMILES string of the molecule is O=C(CN1C(=O)N[C@@]2(CCCc3sccc32)C1=O)NCc1ccc(-c2nc3ccccc3s2)o1. The average Bonchev–Trinajstić information content (AvgIpc) is 3.61. The molecule has 1 spiro atoms. The first-order chi connectivity index (χ1) is 16.5. The van der Waals surface area contributed by atoms with E-state index in [1.54, 1.807) is 17.4 Å². The van der Waals surface area contributed by atoms with Crippen LogP contribution >= 0.6 is 22.7 Å². The second-order valence-electron chi connectivity index (χ2n) is 8.37. The van der Waals surface area contributed by atoms with E-state index in [2.05, 4.69) is 15.6 Å². The molecule has 1 saturated heterocycles. The van der Waals surface area contributed by atoms with Crippen molar-refractivity contribution in [2.45, 2.75) is 31.3 Å². The van der Waals surface area contributed by atoms with Crippen LogP contribution in [-0.4, -0.2) is 34.3 Å². The fourth-order valence-electron chi connectivity index (χ4n) is 4.64. The molecule has 34 heavy (non-hydrogen) atoms. The Kier molecular flexibility index (Phi) is 5.00. The number of amides is 4. The van der Waals surface area contributed by atoms with Gasteiger partial charge in [0.1, 0.15) is 17.8 Å². The number of thiophene rings is 1. The molecule has 3 aromatic heterocycles. The van der Waals surface area contributed by atoms with Crippen LogP contribution in [0, 0.1) is 0 Å². The fourth-order valence-corrected chi connectivity index (χ4v) is 6.56. The van der Waals surface area contributed by atoms with Crippen molar-refractivity contribution in [3.05, 3.63) is 64.0 Å². The highest BCUT2D eigenvalue weighted by atomic mass is 32.1. The van der Waals surface area contributed by atoms with Crippen LogP contribution in [0.1, 0.15) is 29.0 Å². The van der Waals surface area contributed by atoms with E-state index in [4.69, 9.17) is 4.42 Å². The number of para-hydroxylation sites is 1. The normalized spacial score (nSPS) is 19.6. The van der Waals surface area contributed by atoms with Gasteiger partial charge in [-0.1, -0.05) is 12.1 Å². The summed E-state index contributed by atoms with van der Waals surface area (Å²) in [5.74, 6) is 0.403. The lowest BCUT2D eigenvalue weighted by atomic mass is 9.80. The summed E-state index contributed by atoms with van der Waals surface area (Å²) >= 11 is 3.13. The van der Waals surface area contributed by atoms with Crippen LogP contribution in [0.2, 0.25) is 0 Å². The van der Waals surface area contributed by atoms with Crippen LogP contribution in [0.25, 0.3) is 21.0 Å². The highest BCUT2D eigenvalue weighted by molar-refractivity contribution is 7.21. The minimum atomic E-state index is -1.04. The van der Waals surface area contributed by atoms with Crippen molar-refractivity contribution in [1.29, 1.82) is 0 Å². The largest absolute Gasteiger partial charge is 0.457 e. The first-order valence-electron chi connectivity index (χ1n) is 11.0. The molecule has 4 aromatic rings. The summed E-state index contributed by atoms with van der Waals surface area (Å²) < 4.78 is 6.93. The third-order valence-electron chi connectivity index (χ3n) is 6.26. The lowest BCUT2D eigenvalue weighted by Gasteiger charge is -2.31. The number of urea groups is 1. The maximum atomic E-state index is 13.2. The quantitative estimate of drug-likeness (QED) is 0.410. The Hall–Kier alpha value is -3.50. The molecule has 1 aliphatic carbocycles. The molecule has 2 aliphatic rings. The van der Waals surface area contributed by atoms with E-state index >= 15 is 0 Å². The molecule has 1 aromatic carbocycles. The number of hydrogen-bond donors (Lipinski definition) is 2. The monoisotopic (exact) mass is 492 g/mol. The molecule has 0 bridgehead atoms. The van der Waals surface area contributed by atoms with Crippen molar-refractivity contribution in [3.63, 3.8) is 0 Å². The predicted octanol–water partition coefficient (Wildman–Crippen LogP) is 4.02. The van der Waals surface area contributed by atoms with E-state index in [9.17, 15) is 14.4 Å². The lowest BCUT2D eigenvalue weighted by molar-refractivity contribution is -0.135. The van der Waals surface area contributed by atoms with Crippen LogP contribution < -0.4 is 10.6 Å². The maximum absolute atomic E-state index is 13.2. The number of carbonyl (C=O) groups is 3. The fraction of sp³-hybridized carbons (Fsp3) is 0.250. The van der Waals surface area contributed by atoms with Crippen molar-refractivity contribution >= 4 is 50.7 Å². The minimum Gasteiger partial charge on any atom is -0.457 e. The van der Waals surface area contributed by atoms with Gasteiger partial charge in [-0.3, -0.25) is 14.5 Å². The number of nitrogens with zero attached hydrogens (tertiary/aromatic N) is 2. The van der Waals surface area contributed by atoms with Crippen LogP contribution in [0.5, 0.6) is 0 Å². The molecule has 1 aliphatic heterocycles. The van der Waals surface area contributed by atoms with E-state index in [1.807, 2.05) is 41.8 Å². The van der Waals surface area contributed by atoms with E-state index in [0.29, 0.717) is 17.9 Å². The number of thiazole rings is 1. The number of aromatic nitrogens is 1. The van der Waals surface area contributed by atoms with Gasteiger partial charge in [-0.2, -0.15) is 0 Å². The van der Waals surface area contributed by atoms with Crippen LogP contribution in [0.3, 0.4) is 0 Å². The van der Waals surface area contributed by atoms with Crippen LogP contribution in [-0.2, 0) is 28.1 Å². The second-order valence-corrected chi connectivity index (χ2v) is 10.4. The van der Waals surface area contributed by atoms with Gasteiger partial charge in [0.2, 0.25) is 5.91 Å². The number of hydrogen-bond acceptors (Lipinski definition) is 7. The molecule has 0 saturated carbocycles. The van der Waals surface area contributed by atoms with Crippen LogP contribution in [0.4, 0.5) is 4.79 Å². The van der Waals surface area contributed by atoms with Crippen molar-refractivity contribution in [3.8, 4) is 10.8 Å². The van der Waals surface area contributed by atoms with E-state index in [0.717, 1.165) is 43.4 Å². The maximum Gasteiger partial charge on any atom is 0.325 e. The summed E-state index contributed by atoms with van der Waals surface area (Å²) in [6.45, 7) is -0.190. The minimum absolute atomic E-state index is 0.146. The second kappa shape index (κ2) is 8.07. The van der Waals surface area contributed by atoms with Gasteiger partial charge < -0.3 is 15.1 Å². The van der Waals surface area contributed by atoms with Gasteiger partial charge in [-0.15, -0.1) is 22.7 Å². The third kappa shape index (κ3) is 3.41. The summed E-state index contributed by atoms with van der Waals surface area (Å²) in [7, 11) is 0. The van der Waals surface area contributed by atoms with Crippen molar-refractivity contribution in [2.24, 2.45) is 0 Å².